The van der Waals surface area contributed by atoms with E-state index >= 15 is 0 Å². The fourth-order valence-corrected chi connectivity index (χ4v) is 3.54. The highest BCUT2D eigenvalue weighted by Crippen LogP contribution is 2.24. The molecule has 6 heteroatoms. The van der Waals surface area contributed by atoms with Crippen LogP contribution in [0, 0.1) is 5.92 Å². The highest BCUT2D eigenvalue weighted by molar-refractivity contribution is 5.60. The summed E-state index contributed by atoms with van der Waals surface area (Å²) >= 11 is 0. The molecule has 0 heterocycles. The summed E-state index contributed by atoms with van der Waals surface area (Å²) in [5.41, 5.74) is 0. The third kappa shape index (κ3) is 12.8. The summed E-state index contributed by atoms with van der Waals surface area (Å²) in [7, 11) is 1.28. The number of rotatable bonds is 13. The summed E-state index contributed by atoms with van der Waals surface area (Å²) < 4.78 is 20.2. The van der Waals surface area contributed by atoms with Gasteiger partial charge < -0.3 is 18.9 Å². The van der Waals surface area contributed by atoms with Crippen molar-refractivity contribution in [2.75, 3.05) is 13.7 Å². The van der Waals surface area contributed by atoms with Crippen LogP contribution in [0.25, 0.3) is 0 Å². The average molecular weight is 401 g/mol. The fraction of sp³-hybridized carbons (Fsp3) is 0.909. The van der Waals surface area contributed by atoms with E-state index in [0.717, 1.165) is 38.0 Å². The van der Waals surface area contributed by atoms with E-state index in [9.17, 15) is 9.59 Å². The second kappa shape index (κ2) is 15.5. The number of hydrogen-bond donors (Lipinski definition) is 0. The molecule has 6 nitrogen and oxygen atoms in total. The van der Waals surface area contributed by atoms with Gasteiger partial charge in [0.25, 0.3) is 0 Å². The summed E-state index contributed by atoms with van der Waals surface area (Å²) in [6, 6.07) is 0. The lowest BCUT2D eigenvalue weighted by atomic mass is 9.95. The summed E-state index contributed by atoms with van der Waals surface area (Å²) in [5, 5.41) is 0. The normalized spacial score (nSPS) is 19.3. The van der Waals surface area contributed by atoms with Crippen LogP contribution in [0.15, 0.2) is 0 Å². The maximum absolute atomic E-state index is 11.8. The first-order valence-corrected chi connectivity index (χ1v) is 11.1. The Morgan fingerprint density at radius 1 is 0.821 bits per heavy atom. The van der Waals surface area contributed by atoms with Crippen LogP contribution in [0.2, 0.25) is 0 Å². The van der Waals surface area contributed by atoms with Crippen molar-refractivity contribution < 1.29 is 28.5 Å². The van der Waals surface area contributed by atoms with Gasteiger partial charge in [-0.25, -0.2) is 9.59 Å². The second-order valence-electron chi connectivity index (χ2n) is 8.21. The zero-order valence-corrected chi connectivity index (χ0v) is 18.1. The van der Waals surface area contributed by atoms with Gasteiger partial charge in [-0.15, -0.1) is 0 Å². The van der Waals surface area contributed by atoms with Crippen LogP contribution < -0.4 is 0 Å². The van der Waals surface area contributed by atoms with Gasteiger partial charge >= 0.3 is 12.3 Å². The van der Waals surface area contributed by atoms with Gasteiger partial charge in [-0.1, -0.05) is 65.2 Å². The maximum Gasteiger partial charge on any atom is 0.508 e. The Hall–Kier alpha value is -1.46. The van der Waals surface area contributed by atoms with Gasteiger partial charge in [0, 0.05) is 6.42 Å². The highest BCUT2D eigenvalue weighted by Gasteiger charge is 2.28. The molecule has 2 unspecified atom stereocenters. The monoisotopic (exact) mass is 400 g/mol. The predicted octanol–water partition coefficient (Wildman–Crippen LogP) is 6.40. The first-order chi connectivity index (χ1) is 13.5. The summed E-state index contributed by atoms with van der Waals surface area (Å²) in [5.74, 6) is 0.819. The molecule has 0 bridgehead atoms. The quantitative estimate of drug-likeness (QED) is 0.263. The third-order valence-electron chi connectivity index (χ3n) is 5.17. The van der Waals surface area contributed by atoms with Gasteiger partial charge in [-0.2, -0.15) is 0 Å². The minimum Gasteiger partial charge on any atom is -0.438 e. The third-order valence-corrected chi connectivity index (χ3v) is 5.17. The van der Waals surface area contributed by atoms with E-state index < -0.39 is 12.3 Å². The van der Waals surface area contributed by atoms with Crippen molar-refractivity contribution in [1.29, 1.82) is 0 Å². The van der Waals surface area contributed by atoms with Crippen molar-refractivity contribution in [3.63, 3.8) is 0 Å². The molecule has 0 N–H and O–H groups in total. The van der Waals surface area contributed by atoms with Crippen LogP contribution in [0.3, 0.4) is 0 Å². The Morgan fingerprint density at radius 3 is 1.93 bits per heavy atom. The molecule has 1 fully saturated rings. The summed E-state index contributed by atoms with van der Waals surface area (Å²) in [6.45, 7) is 4.97. The smallest absolute Gasteiger partial charge is 0.438 e. The largest absolute Gasteiger partial charge is 0.508 e. The Morgan fingerprint density at radius 2 is 1.36 bits per heavy atom. The van der Waals surface area contributed by atoms with E-state index in [4.69, 9.17) is 14.2 Å². The topological polar surface area (TPSA) is 71.1 Å². The van der Waals surface area contributed by atoms with Crippen LogP contribution in [0.5, 0.6) is 0 Å². The molecule has 0 saturated heterocycles. The van der Waals surface area contributed by atoms with Crippen molar-refractivity contribution in [2.45, 2.75) is 110 Å². The van der Waals surface area contributed by atoms with Crippen LogP contribution in [0.4, 0.5) is 9.59 Å². The van der Waals surface area contributed by atoms with Crippen LogP contribution in [-0.4, -0.2) is 38.2 Å². The zero-order valence-electron chi connectivity index (χ0n) is 18.1. The Balaban J connectivity index is 1.96. The van der Waals surface area contributed by atoms with Crippen molar-refractivity contribution in [3.8, 4) is 0 Å². The maximum atomic E-state index is 11.8. The van der Waals surface area contributed by atoms with E-state index in [0.29, 0.717) is 13.0 Å². The molecule has 1 saturated carbocycles. The number of hydrogen-bond acceptors (Lipinski definition) is 6. The highest BCUT2D eigenvalue weighted by atomic mass is 16.7. The molecule has 0 radical (unpaired) electrons. The van der Waals surface area contributed by atoms with Gasteiger partial charge in [0.1, 0.15) is 12.2 Å². The first-order valence-electron chi connectivity index (χ1n) is 11.1. The molecule has 164 valence electrons. The molecule has 0 aromatic carbocycles. The summed E-state index contributed by atoms with van der Waals surface area (Å²) in [4.78, 5) is 23.0. The van der Waals surface area contributed by atoms with Crippen molar-refractivity contribution in [3.05, 3.63) is 0 Å². The SMILES string of the molecule is COC(=O)OC1CCCC(OC(=O)OCCCCCCCCCCC(C)C)C1. The summed E-state index contributed by atoms with van der Waals surface area (Å²) in [6.07, 6.45) is 12.1. The van der Waals surface area contributed by atoms with E-state index in [-0.39, 0.29) is 12.2 Å². The van der Waals surface area contributed by atoms with Crippen LogP contribution in [0.1, 0.15) is 97.3 Å². The molecule has 0 aromatic heterocycles. The Bertz CT molecular complexity index is 423. The first kappa shape index (κ1) is 24.6. The van der Waals surface area contributed by atoms with Gasteiger partial charge in [0.2, 0.25) is 0 Å². The van der Waals surface area contributed by atoms with Gasteiger partial charge in [0.05, 0.1) is 13.7 Å². The van der Waals surface area contributed by atoms with E-state index in [2.05, 4.69) is 18.6 Å². The molecule has 28 heavy (non-hydrogen) atoms. The Kier molecular flexibility index (Phi) is 13.6. The van der Waals surface area contributed by atoms with Crippen molar-refractivity contribution in [2.24, 2.45) is 5.92 Å². The van der Waals surface area contributed by atoms with Gasteiger partial charge in [0.15, 0.2) is 0 Å². The van der Waals surface area contributed by atoms with Crippen LogP contribution in [-0.2, 0) is 18.9 Å². The molecular formula is C22H40O6. The molecular weight excluding hydrogens is 360 g/mol. The lowest BCUT2D eigenvalue weighted by Crippen LogP contribution is -2.31. The number of methoxy groups -OCH3 is 1. The molecule has 0 amide bonds. The molecule has 2 atom stereocenters. The van der Waals surface area contributed by atoms with E-state index in [1.165, 1.54) is 52.1 Å². The minimum absolute atomic E-state index is 0.258. The number of carbonyl (C=O) groups excluding carboxylic acids is 2. The minimum atomic E-state index is -0.691. The molecule has 0 spiro atoms. The molecule has 1 aliphatic rings. The second-order valence-corrected chi connectivity index (χ2v) is 8.21. The standard InChI is InChI=1S/C22H40O6/c1-18(2)13-10-8-6-4-5-7-9-11-16-26-22(24)28-20-15-12-14-19(17-20)27-21(23)25-3/h18-20H,4-17H2,1-3H3. The van der Waals surface area contributed by atoms with Crippen molar-refractivity contribution in [1.82, 2.24) is 0 Å². The average Bonchev–Trinajstić information content (AvgIpc) is 2.66. The van der Waals surface area contributed by atoms with E-state index in [1.54, 1.807) is 0 Å². The zero-order chi connectivity index (χ0) is 20.6. The van der Waals surface area contributed by atoms with Crippen molar-refractivity contribution >= 4 is 12.3 Å². The Labute approximate surface area is 170 Å². The lowest BCUT2D eigenvalue weighted by Gasteiger charge is -2.27. The molecule has 1 aliphatic carbocycles. The van der Waals surface area contributed by atoms with Gasteiger partial charge in [-0.05, 0) is 31.6 Å². The predicted molar refractivity (Wildman–Crippen MR) is 108 cm³/mol. The van der Waals surface area contributed by atoms with E-state index in [1.807, 2.05) is 0 Å². The molecule has 0 aliphatic heterocycles. The lowest BCUT2D eigenvalue weighted by molar-refractivity contribution is -0.0312. The number of ether oxygens (including phenoxy) is 4. The van der Waals surface area contributed by atoms with Crippen LogP contribution >= 0.6 is 0 Å². The van der Waals surface area contributed by atoms with Gasteiger partial charge in [-0.3, -0.25) is 0 Å². The fourth-order valence-electron chi connectivity index (χ4n) is 3.54. The number of unbranched alkanes of at least 4 members (excludes halogenated alkanes) is 7. The molecule has 0 aromatic rings. The number of carbonyl (C=O) groups is 2. The molecule has 1 rings (SSSR count).